The Morgan fingerprint density at radius 3 is 2.77 bits per heavy atom. The number of hydrogen-bond donors (Lipinski definition) is 1. The summed E-state index contributed by atoms with van der Waals surface area (Å²) in [5, 5.41) is 2.89. The van der Waals surface area contributed by atoms with Crippen molar-refractivity contribution in [1.29, 1.82) is 0 Å². The molecule has 1 aromatic rings. The number of rotatable bonds is 1. The number of nitrogens with zero attached hydrogens (tertiary/aromatic N) is 2. The van der Waals surface area contributed by atoms with Gasteiger partial charge in [0, 0.05) is 0 Å². The number of hydrogen-bond acceptors (Lipinski definition) is 6. The summed E-state index contributed by atoms with van der Waals surface area (Å²) in [5.41, 5.74) is 5.20. The summed E-state index contributed by atoms with van der Waals surface area (Å²) in [7, 11) is -3.07. The van der Waals surface area contributed by atoms with Gasteiger partial charge in [-0.15, -0.1) is 0 Å². The molecule has 0 aliphatic carbocycles. The van der Waals surface area contributed by atoms with E-state index < -0.39 is 15.1 Å². The van der Waals surface area contributed by atoms with Gasteiger partial charge in [-0.25, -0.2) is 8.42 Å². The maximum absolute atomic E-state index is 11.4. The van der Waals surface area contributed by atoms with Gasteiger partial charge in [-0.05, 0) is 12.8 Å². The first kappa shape index (κ1) is 8.49. The predicted molar refractivity (Wildman–Crippen MR) is 44.5 cm³/mol. The Hall–Kier alpha value is -1.11. The lowest BCUT2D eigenvalue weighted by molar-refractivity contribution is 0.424. The van der Waals surface area contributed by atoms with Crippen LogP contribution in [0.4, 0.5) is 6.01 Å². The van der Waals surface area contributed by atoms with E-state index in [0.717, 1.165) is 0 Å². The monoisotopic (exact) mass is 203 g/mol. The van der Waals surface area contributed by atoms with E-state index in [2.05, 4.69) is 14.7 Å². The van der Waals surface area contributed by atoms with Crippen LogP contribution in [-0.4, -0.2) is 24.3 Å². The molecule has 0 radical (unpaired) electrons. The van der Waals surface area contributed by atoms with Crippen molar-refractivity contribution in [3.63, 3.8) is 0 Å². The Bertz CT molecular complexity index is 411. The van der Waals surface area contributed by atoms with Crippen LogP contribution in [0.15, 0.2) is 4.52 Å². The summed E-state index contributed by atoms with van der Waals surface area (Å²) in [4.78, 5) is 3.71. The molecule has 1 unspecified atom stereocenters. The van der Waals surface area contributed by atoms with Crippen LogP contribution in [0.3, 0.4) is 0 Å². The summed E-state index contributed by atoms with van der Waals surface area (Å²) in [6.07, 6.45) is 1.21. The molecular weight excluding hydrogens is 194 g/mol. The molecule has 0 bridgehead atoms. The van der Waals surface area contributed by atoms with E-state index >= 15 is 0 Å². The predicted octanol–water partition coefficient (Wildman–Crippen LogP) is -0.0985. The Morgan fingerprint density at radius 1 is 1.54 bits per heavy atom. The van der Waals surface area contributed by atoms with Crippen molar-refractivity contribution in [2.45, 2.75) is 18.1 Å². The van der Waals surface area contributed by atoms with Crippen LogP contribution in [0, 0.1) is 0 Å². The van der Waals surface area contributed by atoms with Crippen molar-refractivity contribution >= 4 is 15.9 Å². The van der Waals surface area contributed by atoms with Gasteiger partial charge in [0.1, 0.15) is 5.25 Å². The Balaban J connectivity index is 2.37. The highest BCUT2D eigenvalue weighted by molar-refractivity contribution is 7.91. The SMILES string of the molecule is Nc1nc(C2CCCS2(=O)=O)no1. The molecule has 1 aliphatic heterocycles. The molecule has 0 amide bonds. The van der Waals surface area contributed by atoms with Gasteiger partial charge in [0.05, 0.1) is 5.75 Å². The minimum atomic E-state index is -3.07. The number of nitrogens with two attached hydrogens (primary N) is 1. The van der Waals surface area contributed by atoms with Gasteiger partial charge >= 0.3 is 6.01 Å². The fourth-order valence-corrected chi connectivity index (χ4v) is 3.26. The number of sulfone groups is 1. The minimum Gasteiger partial charge on any atom is -0.351 e. The van der Waals surface area contributed by atoms with Crippen LogP contribution in [0.25, 0.3) is 0 Å². The van der Waals surface area contributed by atoms with Gasteiger partial charge in [0.25, 0.3) is 0 Å². The number of anilines is 1. The van der Waals surface area contributed by atoms with Gasteiger partial charge in [-0.1, -0.05) is 5.16 Å². The lowest BCUT2D eigenvalue weighted by Crippen LogP contribution is -2.09. The topological polar surface area (TPSA) is 99.1 Å². The van der Waals surface area contributed by atoms with Gasteiger partial charge < -0.3 is 10.3 Å². The van der Waals surface area contributed by atoms with Crippen LogP contribution in [0.1, 0.15) is 23.9 Å². The van der Waals surface area contributed by atoms with E-state index in [-0.39, 0.29) is 17.6 Å². The summed E-state index contributed by atoms with van der Waals surface area (Å²) in [6.45, 7) is 0. The minimum absolute atomic E-state index is 0.0860. The van der Waals surface area contributed by atoms with Crippen molar-refractivity contribution in [3.8, 4) is 0 Å². The van der Waals surface area contributed by atoms with Crippen molar-refractivity contribution in [3.05, 3.63) is 5.82 Å². The maximum Gasteiger partial charge on any atom is 0.318 e. The fourth-order valence-electron chi connectivity index (χ4n) is 1.46. The third kappa shape index (κ3) is 1.39. The van der Waals surface area contributed by atoms with Crippen molar-refractivity contribution in [2.24, 2.45) is 0 Å². The third-order valence-corrected chi connectivity index (χ3v) is 4.25. The molecule has 72 valence electrons. The second-order valence-corrected chi connectivity index (χ2v) is 5.29. The van der Waals surface area contributed by atoms with E-state index in [4.69, 9.17) is 5.73 Å². The zero-order valence-corrected chi connectivity index (χ0v) is 7.62. The highest BCUT2D eigenvalue weighted by Crippen LogP contribution is 2.32. The average molecular weight is 203 g/mol. The number of nitrogen functional groups attached to an aromatic ring is 1. The molecule has 2 rings (SSSR count). The summed E-state index contributed by atoms with van der Waals surface area (Å²) in [6, 6.07) is -0.0860. The van der Waals surface area contributed by atoms with Crippen LogP contribution in [0.5, 0.6) is 0 Å². The Kier molecular flexibility index (Phi) is 1.76. The first-order valence-corrected chi connectivity index (χ1v) is 5.62. The first-order chi connectivity index (χ1) is 6.09. The first-order valence-electron chi connectivity index (χ1n) is 3.90. The van der Waals surface area contributed by atoms with E-state index in [9.17, 15) is 8.42 Å². The average Bonchev–Trinajstić information content (AvgIpc) is 2.56. The highest BCUT2D eigenvalue weighted by atomic mass is 32.2. The van der Waals surface area contributed by atoms with Gasteiger partial charge in [0.15, 0.2) is 15.7 Å². The van der Waals surface area contributed by atoms with E-state index in [1.54, 1.807) is 0 Å². The maximum atomic E-state index is 11.4. The van der Waals surface area contributed by atoms with Gasteiger partial charge in [-0.3, -0.25) is 0 Å². The van der Waals surface area contributed by atoms with E-state index in [1.165, 1.54) is 0 Å². The second kappa shape index (κ2) is 2.69. The zero-order valence-electron chi connectivity index (χ0n) is 6.80. The molecule has 6 nitrogen and oxygen atoms in total. The number of aromatic nitrogens is 2. The molecule has 1 saturated heterocycles. The standard InChI is InChI=1S/C6H9N3O3S/c7-6-8-5(9-12-6)4-2-1-3-13(4,10)11/h4H,1-3H2,(H2,7,8,9). The van der Waals surface area contributed by atoms with Crippen LogP contribution in [-0.2, 0) is 9.84 Å². The van der Waals surface area contributed by atoms with Crippen LogP contribution in [0.2, 0.25) is 0 Å². The quantitative estimate of drug-likeness (QED) is 0.684. The largest absolute Gasteiger partial charge is 0.351 e. The lowest BCUT2D eigenvalue weighted by atomic mass is 10.2. The van der Waals surface area contributed by atoms with E-state index in [0.29, 0.717) is 12.8 Å². The lowest BCUT2D eigenvalue weighted by Gasteiger charge is -2.01. The molecular formula is C6H9N3O3S. The molecule has 2 heterocycles. The Labute approximate surface area is 75.0 Å². The molecule has 2 N–H and O–H groups in total. The second-order valence-electron chi connectivity index (χ2n) is 2.99. The van der Waals surface area contributed by atoms with Crippen LogP contribution >= 0.6 is 0 Å². The molecule has 1 atom stereocenters. The zero-order chi connectivity index (χ0) is 9.47. The van der Waals surface area contributed by atoms with Crippen molar-refractivity contribution < 1.29 is 12.9 Å². The van der Waals surface area contributed by atoms with Crippen molar-refractivity contribution in [2.75, 3.05) is 11.5 Å². The van der Waals surface area contributed by atoms with Gasteiger partial charge in [-0.2, -0.15) is 4.98 Å². The normalized spacial score (nSPS) is 26.3. The summed E-state index contributed by atoms with van der Waals surface area (Å²) < 4.78 is 27.3. The molecule has 13 heavy (non-hydrogen) atoms. The molecule has 1 fully saturated rings. The molecule has 1 aromatic heterocycles. The molecule has 1 aliphatic rings. The van der Waals surface area contributed by atoms with Crippen molar-refractivity contribution in [1.82, 2.24) is 10.1 Å². The fraction of sp³-hybridized carbons (Fsp3) is 0.667. The highest BCUT2D eigenvalue weighted by Gasteiger charge is 2.36. The molecule has 7 heteroatoms. The Morgan fingerprint density at radius 2 is 2.31 bits per heavy atom. The molecule has 0 saturated carbocycles. The van der Waals surface area contributed by atoms with E-state index in [1.807, 2.05) is 0 Å². The smallest absolute Gasteiger partial charge is 0.318 e. The summed E-state index contributed by atoms with van der Waals surface area (Å²) >= 11 is 0. The van der Waals surface area contributed by atoms with Gasteiger partial charge in [0.2, 0.25) is 0 Å². The molecule has 0 spiro atoms. The van der Waals surface area contributed by atoms with Crippen LogP contribution < -0.4 is 5.73 Å². The molecule has 0 aromatic carbocycles. The summed E-state index contributed by atoms with van der Waals surface area (Å²) in [5.74, 6) is 0.390. The third-order valence-electron chi connectivity index (χ3n) is 2.07.